The topological polar surface area (TPSA) is 76.2 Å². The van der Waals surface area contributed by atoms with Gasteiger partial charge in [0.2, 0.25) is 5.43 Å². The van der Waals surface area contributed by atoms with Crippen LogP contribution in [0.15, 0.2) is 45.8 Å². The summed E-state index contributed by atoms with van der Waals surface area (Å²) in [6.07, 6.45) is 5.06. The van der Waals surface area contributed by atoms with E-state index in [4.69, 9.17) is 13.9 Å². The Labute approximate surface area is 199 Å². The van der Waals surface area contributed by atoms with E-state index in [-0.39, 0.29) is 11.2 Å². The molecule has 3 atom stereocenters. The third-order valence-electron chi connectivity index (χ3n) is 7.93. The van der Waals surface area contributed by atoms with Gasteiger partial charge in [-0.05, 0) is 35.6 Å². The normalized spacial score (nSPS) is 27.1. The van der Waals surface area contributed by atoms with Crippen LogP contribution in [0.2, 0.25) is 0 Å². The van der Waals surface area contributed by atoms with Crippen LogP contribution in [0.3, 0.4) is 0 Å². The van der Waals surface area contributed by atoms with E-state index in [2.05, 4.69) is 20.8 Å². The first-order valence-corrected chi connectivity index (χ1v) is 12.2. The monoisotopic (exact) mass is 461 g/mol. The molecule has 0 spiro atoms. The molecule has 2 fully saturated rings. The van der Waals surface area contributed by atoms with E-state index in [1.54, 1.807) is 6.07 Å². The van der Waals surface area contributed by atoms with Gasteiger partial charge in [0.05, 0.1) is 23.5 Å². The average molecular weight is 462 g/mol. The zero-order valence-corrected chi connectivity index (χ0v) is 20.0. The molecule has 2 aliphatic heterocycles. The predicted octanol–water partition coefficient (Wildman–Crippen LogP) is 3.29. The molecule has 3 unspecified atom stereocenters. The number of hydrogen-bond acceptors (Lipinski definition) is 5. The van der Waals surface area contributed by atoms with E-state index < -0.39 is 0 Å². The summed E-state index contributed by atoms with van der Waals surface area (Å²) in [5.41, 5.74) is 2.70. The van der Waals surface area contributed by atoms with Crippen LogP contribution in [0.1, 0.15) is 45.6 Å². The summed E-state index contributed by atoms with van der Waals surface area (Å²) < 4.78 is 17.3. The highest BCUT2D eigenvalue weighted by molar-refractivity contribution is 5.85. The average Bonchev–Trinajstić information content (AvgIpc) is 3.03. The molecule has 34 heavy (non-hydrogen) atoms. The van der Waals surface area contributed by atoms with Crippen LogP contribution >= 0.6 is 0 Å². The second kappa shape index (κ2) is 7.51. The maximum absolute atomic E-state index is 13.5. The Morgan fingerprint density at radius 2 is 1.85 bits per heavy atom. The quantitative estimate of drug-likeness (QED) is 0.648. The number of ether oxygens (including phenoxy) is 2. The van der Waals surface area contributed by atoms with Crippen molar-refractivity contribution in [3.63, 3.8) is 0 Å². The minimum absolute atomic E-state index is 0.0545. The van der Waals surface area contributed by atoms with E-state index in [9.17, 15) is 9.90 Å². The van der Waals surface area contributed by atoms with Gasteiger partial charge in [0, 0.05) is 23.8 Å². The standard InChI is InChI=1S/C28H31NO5/c1-27(2)11-18-12-28(3,15-27)16-29(18)13-20-22(30)6-5-19-25(31)21(14-34-26(19)20)17-4-7-23-24(10-17)33-9-8-32-23/h4-7,10,14,18,30H,8-9,11-13,15-16H2,1-3H3. The van der Waals surface area contributed by atoms with Gasteiger partial charge in [-0.3, -0.25) is 4.79 Å². The van der Waals surface area contributed by atoms with Crippen LogP contribution < -0.4 is 24.9 Å². The van der Waals surface area contributed by atoms with Crippen LogP contribution in [0.4, 0.5) is 0 Å². The Morgan fingerprint density at radius 3 is 2.68 bits per heavy atom. The minimum Gasteiger partial charge on any atom is -0.872 e. The first-order valence-electron chi connectivity index (χ1n) is 12.2. The van der Waals surface area contributed by atoms with Crippen molar-refractivity contribution in [3.05, 3.63) is 52.4 Å². The van der Waals surface area contributed by atoms with Crippen molar-refractivity contribution in [1.82, 2.24) is 0 Å². The Bertz CT molecular complexity index is 1340. The van der Waals surface area contributed by atoms with Gasteiger partial charge in [-0.2, -0.15) is 0 Å². The van der Waals surface area contributed by atoms with Gasteiger partial charge < -0.3 is 23.9 Å². The van der Waals surface area contributed by atoms with Gasteiger partial charge in [0.15, 0.2) is 11.5 Å². The van der Waals surface area contributed by atoms with E-state index in [0.29, 0.717) is 75.8 Å². The molecule has 6 rings (SSSR count). The first-order chi connectivity index (χ1) is 16.2. The summed E-state index contributed by atoms with van der Waals surface area (Å²) in [6.45, 7) is 9.74. The van der Waals surface area contributed by atoms with E-state index in [0.717, 1.165) is 13.0 Å². The van der Waals surface area contributed by atoms with Crippen molar-refractivity contribution in [2.24, 2.45) is 10.8 Å². The summed E-state index contributed by atoms with van der Waals surface area (Å²) in [6, 6.07) is 9.13. The minimum atomic E-state index is -0.137. The largest absolute Gasteiger partial charge is 0.872 e. The highest BCUT2D eigenvalue weighted by Crippen LogP contribution is 2.47. The van der Waals surface area contributed by atoms with E-state index in [1.165, 1.54) is 30.1 Å². The molecular formula is C28H31NO5. The summed E-state index contributed by atoms with van der Waals surface area (Å²) >= 11 is 0. The summed E-state index contributed by atoms with van der Waals surface area (Å²) in [7, 11) is 0. The lowest BCUT2D eigenvalue weighted by Gasteiger charge is -2.37. The van der Waals surface area contributed by atoms with Gasteiger partial charge in [-0.15, -0.1) is 0 Å². The highest BCUT2D eigenvalue weighted by Gasteiger charge is 2.52. The lowest BCUT2D eigenvalue weighted by molar-refractivity contribution is -0.928. The summed E-state index contributed by atoms with van der Waals surface area (Å²) in [5.74, 6) is 1.24. The third kappa shape index (κ3) is 3.56. The van der Waals surface area contributed by atoms with Crippen LogP contribution in [-0.4, -0.2) is 25.8 Å². The number of hydrogen-bond donors (Lipinski definition) is 1. The molecule has 3 heterocycles. The number of likely N-dealkylation sites (tertiary alicyclic amines) is 1. The zero-order chi connectivity index (χ0) is 23.7. The molecule has 2 bridgehead atoms. The van der Waals surface area contributed by atoms with Gasteiger partial charge in [0.25, 0.3) is 0 Å². The SMILES string of the molecule is CC1(C)CC2CC(C)(C[NH+]2Cc2c([O-])ccc3c(=O)c(-c4ccc5c(c4)OCCO5)coc23)C1. The van der Waals surface area contributed by atoms with E-state index >= 15 is 0 Å². The second-order valence-corrected chi connectivity index (χ2v) is 11.5. The molecule has 0 amide bonds. The lowest BCUT2D eigenvalue weighted by Crippen LogP contribution is -3.12. The van der Waals surface area contributed by atoms with Gasteiger partial charge >= 0.3 is 0 Å². The van der Waals surface area contributed by atoms with Crippen molar-refractivity contribution >= 4 is 11.0 Å². The molecule has 0 radical (unpaired) electrons. The number of benzene rings is 2. The van der Waals surface area contributed by atoms with Crippen molar-refractivity contribution in [2.75, 3.05) is 19.8 Å². The number of quaternary nitrogens is 1. The molecule has 1 N–H and O–H groups in total. The number of rotatable bonds is 3. The Morgan fingerprint density at radius 1 is 1.06 bits per heavy atom. The maximum atomic E-state index is 13.5. The van der Waals surface area contributed by atoms with E-state index in [1.807, 2.05) is 18.2 Å². The van der Waals surface area contributed by atoms with Crippen molar-refractivity contribution in [2.45, 2.75) is 52.6 Å². The van der Waals surface area contributed by atoms with Crippen LogP contribution in [0.25, 0.3) is 22.1 Å². The predicted molar refractivity (Wildman–Crippen MR) is 127 cm³/mol. The van der Waals surface area contributed by atoms with Crippen molar-refractivity contribution in [3.8, 4) is 28.4 Å². The molecule has 1 aliphatic carbocycles. The smallest absolute Gasteiger partial charge is 0.200 e. The number of nitrogens with one attached hydrogen (secondary N) is 1. The fourth-order valence-electron chi connectivity index (χ4n) is 7.00. The van der Waals surface area contributed by atoms with Crippen LogP contribution in [-0.2, 0) is 6.54 Å². The summed E-state index contributed by atoms with van der Waals surface area (Å²) in [4.78, 5) is 14.9. The van der Waals surface area contributed by atoms with Crippen LogP contribution in [0.5, 0.6) is 17.2 Å². The third-order valence-corrected chi connectivity index (χ3v) is 7.93. The fourth-order valence-corrected chi connectivity index (χ4v) is 7.00. The Kier molecular flexibility index (Phi) is 4.75. The Hall–Kier alpha value is -2.99. The Balaban J connectivity index is 1.38. The molecule has 178 valence electrons. The molecule has 3 aromatic rings. The van der Waals surface area contributed by atoms with Crippen LogP contribution in [0, 0.1) is 10.8 Å². The first kappa shape index (κ1) is 21.5. The molecule has 2 aromatic carbocycles. The molecular weight excluding hydrogens is 430 g/mol. The second-order valence-electron chi connectivity index (χ2n) is 11.5. The molecule has 1 saturated heterocycles. The molecule has 6 nitrogen and oxygen atoms in total. The van der Waals surface area contributed by atoms with Crippen molar-refractivity contribution < 1.29 is 23.9 Å². The fraction of sp³-hybridized carbons (Fsp3) is 0.464. The molecule has 1 aromatic heterocycles. The zero-order valence-electron chi connectivity index (χ0n) is 20.0. The molecule has 3 aliphatic rings. The molecule has 6 heteroatoms. The van der Waals surface area contributed by atoms with Gasteiger partial charge in [-0.1, -0.05) is 38.7 Å². The highest BCUT2D eigenvalue weighted by atomic mass is 16.6. The maximum Gasteiger partial charge on any atom is 0.200 e. The van der Waals surface area contributed by atoms with Gasteiger partial charge in [-0.25, -0.2) is 0 Å². The van der Waals surface area contributed by atoms with Crippen molar-refractivity contribution in [1.29, 1.82) is 0 Å². The number of fused-ring (bicyclic) bond motifs is 4. The summed E-state index contributed by atoms with van der Waals surface area (Å²) in [5, 5.41) is 13.4. The molecule has 1 saturated carbocycles. The lowest BCUT2D eigenvalue weighted by atomic mass is 9.65. The van der Waals surface area contributed by atoms with Gasteiger partial charge in [0.1, 0.15) is 31.6 Å².